The van der Waals surface area contributed by atoms with Crippen LogP contribution < -0.4 is 11.1 Å². The third-order valence-electron chi connectivity index (χ3n) is 2.76. The average Bonchev–Trinajstić information content (AvgIpc) is 2.68. The summed E-state index contributed by atoms with van der Waals surface area (Å²) < 4.78 is 73.3. The van der Waals surface area contributed by atoms with Gasteiger partial charge in [-0.25, -0.2) is 0 Å². The van der Waals surface area contributed by atoms with Crippen LogP contribution in [0.3, 0.4) is 0 Å². The van der Waals surface area contributed by atoms with Gasteiger partial charge >= 0.3 is 12.4 Å². The summed E-state index contributed by atoms with van der Waals surface area (Å²) in [5.74, 6) is -0.841. The van der Waals surface area contributed by atoms with Gasteiger partial charge in [0.05, 0.1) is 47.0 Å². The molecular weight excluding hydrogens is 446 g/mol. The lowest BCUT2D eigenvalue weighted by Crippen LogP contribution is -2.23. The van der Waals surface area contributed by atoms with Gasteiger partial charge in [0.1, 0.15) is 0 Å². The Hall–Kier alpha value is -2.87. The highest BCUT2D eigenvalue weighted by Gasteiger charge is 2.36. The summed E-state index contributed by atoms with van der Waals surface area (Å²) in [5, 5.41) is 13.3. The van der Waals surface area contributed by atoms with Crippen LogP contribution in [0.25, 0.3) is 0 Å². The summed E-state index contributed by atoms with van der Waals surface area (Å²) in [5.41, 5.74) is 1.01. The first kappa shape index (κ1) is 29.3. The first-order valence-electron chi connectivity index (χ1n) is 7.15. The number of hydrogen-bond acceptors (Lipinski definition) is 7. The maximum Gasteiger partial charge on any atom is 0.418 e. The maximum absolute atomic E-state index is 12.3. The van der Waals surface area contributed by atoms with E-state index in [1.807, 2.05) is 0 Å². The molecule has 0 aromatic carbocycles. The molecule has 168 valence electrons. The van der Waals surface area contributed by atoms with Crippen LogP contribution in [0.2, 0.25) is 0 Å². The highest BCUT2D eigenvalue weighted by atomic mass is 35.5. The van der Waals surface area contributed by atoms with E-state index in [1.165, 1.54) is 14.1 Å². The van der Waals surface area contributed by atoms with Gasteiger partial charge in [0.2, 0.25) is 0 Å². The minimum absolute atomic E-state index is 0. The second-order valence-electron chi connectivity index (χ2n) is 4.48. The number of aromatic nitrogens is 4. The SMILES string of the molecule is C.CN.CNC(=O)c1cnncc1C(F)(F)F.O=C(Cl)c1cnncc1C(F)(F)F. The standard InChI is InChI=1S/C7H6F3N3O.C6H2ClF3N2O.CH5N.CH4/c1-11-6(14)4-2-12-13-3-5(4)7(8,9)10;7-5(13)3-1-11-12-2-4(3)6(8,9)10;1-2;/h2-3H,1H3,(H,11,14);1-2H;2H2,1H3;1H4. The Morgan fingerprint density at radius 1 is 0.833 bits per heavy atom. The highest BCUT2D eigenvalue weighted by Crippen LogP contribution is 2.31. The predicted octanol–water partition coefficient (Wildman–Crippen LogP) is 2.94. The summed E-state index contributed by atoms with van der Waals surface area (Å²) in [4.78, 5) is 21.5. The van der Waals surface area contributed by atoms with Gasteiger partial charge in [-0.3, -0.25) is 9.59 Å². The molecule has 0 saturated heterocycles. The van der Waals surface area contributed by atoms with Crippen molar-refractivity contribution in [1.82, 2.24) is 25.7 Å². The summed E-state index contributed by atoms with van der Waals surface area (Å²) >= 11 is 4.91. The third kappa shape index (κ3) is 8.65. The van der Waals surface area contributed by atoms with Gasteiger partial charge < -0.3 is 11.1 Å². The Labute approximate surface area is 171 Å². The molecule has 8 nitrogen and oxygen atoms in total. The van der Waals surface area contributed by atoms with Gasteiger partial charge in [0.25, 0.3) is 11.1 Å². The van der Waals surface area contributed by atoms with Gasteiger partial charge in [-0.15, -0.1) is 0 Å². The van der Waals surface area contributed by atoms with Crippen LogP contribution in [0.1, 0.15) is 39.3 Å². The molecule has 30 heavy (non-hydrogen) atoms. The average molecular weight is 463 g/mol. The van der Waals surface area contributed by atoms with Crippen LogP contribution in [-0.4, -0.2) is 45.6 Å². The van der Waals surface area contributed by atoms with E-state index in [0.29, 0.717) is 18.6 Å². The smallest absolute Gasteiger partial charge is 0.355 e. The molecule has 0 radical (unpaired) electrons. The lowest BCUT2D eigenvalue weighted by atomic mass is 10.1. The van der Waals surface area contributed by atoms with E-state index in [9.17, 15) is 35.9 Å². The molecule has 0 fully saturated rings. The van der Waals surface area contributed by atoms with Crippen LogP contribution >= 0.6 is 11.6 Å². The van der Waals surface area contributed by atoms with Crippen molar-refractivity contribution >= 4 is 22.8 Å². The van der Waals surface area contributed by atoms with Crippen LogP contribution in [0.15, 0.2) is 24.8 Å². The number of nitrogens with zero attached hydrogens (tertiary/aromatic N) is 4. The number of halogens is 7. The summed E-state index contributed by atoms with van der Waals surface area (Å²) in [6.45, 7) is 0. The van der Waals surface area contributed by atoms with E-state index < -0.39 is 45.8 Å². The summed E-state index contributed by atoms with van der Waals surface area (Å²) in [7, 11) is 2.74. The second kappa shape index (κ2) is 12.6. The molecule has 0 aliphatic rings. The molecule has 2 heterocycles. The minimum atomic E-state index is -4.64. The lowest BCUT2D eigenvalue weighted by molar-refractivity contribution is -0.139. The van der Waals surface area contributed by atoms with E-state index in [2.05, 4.69) is 31.4 Å². The van der Waals surface area contributed by atoms with E-state index in [0.717, 1.165) is 6.20 Å². The van der Waals surface area contributed by atoms with E-state index in [1.54, 1.807) is 0 Å². The molecule has 0 aliphatic heterocycles. The van der Waals surface area contributed by atoms with Crippen LogP contribution in [-0.2, 0) is 12.4 Å². The maximum atomic E-state index is 12.3. The fourth-order valence-electron chi connectivity index (χ4n) is 1.57. The molecule has 0 spiro atoms. The van der Waals surface area contributed by atoms with E-state index in [4.69, 9.17) is 11.6 Å². The molecule has 2 rings (SSSR count). The Bertz CT molecular complexity index is 832. The first-order valence-corrected chi connectivity index (χ1v) is 7.52. The van der Waals surface area contributed by atoms with Crippen molar-refractivity contribution < 1.29 is 35.9 Å². The quantitative estimate of drug-likeness (QED) is 0.519. The Morgan fingerprint density at radius 2 is 1.17 bits per heavy atom. The number of hydrogen-bond donors (Lipinski definition) is 2. The third-order valence-corrected chi connectivity index (χ3v) is 2.96. The van der Waals surface area contributed by atoms with Crippen molar-refractivity contribution in [1.29, 1.82) is 0 Å². The van der Waals surface area contributed by atoms with Crippen LogP contribution in [0.4, 0.5) is 26.3 Å². The van der Waals surface area contributed by atoms with Gasteiger partial charge in [-0.1, -0.05) is 7.43 Å². The zero-order valence-electron chi connectivity index (χ0n) is 14.6. The fourth-order valence-corrected chi connectivity index (χ4v) is 1.72. The van der Waals surface area contributed by atoms with Gasteiger partial charge in [-0.2, -0.15) is 46.7 Å². The molecular formula is C15H17ClF6N6O2. The molecule has 1 amide bonds. The van der Waals surface area contributed by atoms with Gasteiger partial charge in [0, 0.05) is 7.05 Å². The van der Waals surface area contributed by atoms with Crippen LogP contribution in [0.5, 0.6) is 0 Å². The fraction of sp³-hybridized carbons (Fsp3) is 0.333. The molecule has 0 atom stereocenters. The lowest BCUT2D eigenvalue weighted by Gasteiger charge is -2.09. The topological polar surface area (TPSA) is 124 Å². The highest BCUT2D eigenvalue weighted by molar-refractivity contribution is 6.67. The second-order valence-corrected chi connectivity index (χ2v) is 4.82. The first-order chi connectivity index (χ1) is 13.4. The Morgan fingerprint density at radius 3 is 1.47 bits per heavy atom. The molecule has 15 heteroatoms. The number of alkyl halides is 6. The normalized spacial score (nSPS) is 10.3. The molecule has 3 N–H and O–H groups in total. The number of nitrogens with one attached hydrogen (secondary N) is 1. The zero-order valence-corrected chi connectivity index (χ0v) is 15.4. The Kier molecular flexibility index (Phi) is 12.4. The molecule has 0 unspecified atom stereocenters. The summed E-state index contributed by atoms with van der Waals surface area (Å²) in [6.07, 6.45) is -6.81. The summed E-state index contributed by atoms with van der Waals surface area (Å²) in [6, 6.07) is 0. The van der Waals surface area contributed by atoms with Crippen molar-refractivity contribution in [3.05, 3.63) is 47.0 Å². The molecule has 0 saturated carbocycles. The number of carbonyl (C=O) groups is 2. The number of nitrogens with two attached hydrogens (primary N) is 1. The molecule has 0 aliphatic carbocycles. The van der Waals surface area contributed by atoms with E-state index in [-0.39, 0.29) is 7.43 Å². The predicted molar refractivity (Wildman–Crippen MR) is 94.5 cm³/mol. The van der Waals surface area contributed by atoms with Crippen molar-refractivity contribution in [2.24, 2.45) is 5.73 Å². The van der Waals surface area contributed by atoms with Gasteiger partial charge in [-0.05, 0) is 18.6 Å². The monoisotopic (exact) mass is 462 g/mol. The molecule has 2 aromatic rings. The van der Waals surface area contributed by atoms with Crippen molar-refractivity contribution in [3.63, 3.8) is 0 Å². The largest absolute Gasteiger partial charge is 0.418 e. The van der Waals surface area contributed by atoms with E-state index >= 15 is 0 Å². The molecule has 0 bridgehead atoms. The molecule has 2 aromatic heterocycles. The van der Waals surface area contributed by atoms with Gasteiger partial charge in [0.15, 0.2) is 0 Å². The number of carbonyl (C=O) groups excluding carboxylic acids is 2. The van der Waals surface area contributed by atoms with Crippen LogP contribution in [0, 0.1) is 0 Å². The number of amides is 1. The van der Waals surface area contributed by atoms with Crippen molar-refractivity contribution in [2.75, 3.05) is 14.1 Å². The number of rotatable bonds is 2. The van der Waals surface area contributed by atoms with Crippen molar-refractivity contribution in [3.8, 4) is 0 Å². The zero-order chi connectivity index (χ0) is 22.8. The minimum Gasteiger partial charge on any atom is -0.355 e. The Balaban J connectivity index is 0. The van der Waals surface area contributed by atoms with Crippen molar-refractivity contribution in [2.45, 2.75) is 19.8 Å².